The number of nitrogens with one attached hydrogen (secondary N) is 2. The van der Waals surface area contributed by atoms with Crippen LogP contribution in [0.25, 0.3) is 10.8 Å². The Kier molecular flexibility index (Phi) is 9.33. The van der Waals surface area contributed by atoms with Crippen molar-refractivity contribution in [2.24, 2.45) is 5.92 Å². The lowest BCUT2D eigenvalue weighted by Gasteiger charge is -2.31. The molecule has 0 radical (unpaired) electrons. The van der Waals surface area contributed by atoms with Crippen LogP contribution in [0.4, 0.5) is 10.6 Å². The first kappa shape index (κ1) is 28.4. The van der Waals surface area contributed by atoms with E-state index in [0.29, 0.717) is 37.7 Å². The summed E-state index contributed by atoms with van der Waals surface area (Å²) in [5.74, 6) is 0.395. The van der Waals surface area contributed by atoms with E-state index in [1.807, 2.05) is 54.6 Å². The number of nitrogen functional groups attached to an aromatic ring is 1. The Labute approximate surface area is 240 Å². The van der Waals surface area contributed by atoms with Crippen LogP contribution in [0.1, 0.15) is 62.5 Å². The summed E-state index contributed by atoms with van der Waals surface area (Å²) in [7, 11) is 0. The number of fused-ring (bicyclic) bond motifs is 1. The Bertz CT molecular complexity index is 1360. The molecule has 1 aliphatic carbocycles. The lowest BCUT2D eigenvalue weighted by atomic mass is 9.84. The summed E-state index contributed by atoms with van der Waals surface area (Å²) in [5, 5.41) is 7.68. The molecule has 2 atom stereocenters. The second-order valence-electron chi connectivity index (χ2n) is 11.2. The van der Waals surface area contributed by atoms with Crippen molar-refractivity contribution in [3.05, 3.63) is 71.9 Å². The average Bonchev–Trinajstić information content (AvgIpc) is 3.50. The van der Waals surface area contributed by atoms with Gasteiger partial charge in [-0.25, -0.2) is 9.78 Å². The van der Waals surface area contributed by atoms with Crippen molar-refractivity contribution in [2.75, 3.05) is 12.3 Å². The topological polar surface area (TPSA) is 127 Å². The summed E-state index contributed by atoms with van der Waals surface area (Å²) in [4.78, 5) is 45.7. The van der Waals surface area contributed by atoms with E-state index in [9.17, 15) is 14.4 Å². The Hall–Kier alpha value is -4.14. The van der Waals surface area contributed by atoms with Gasteiger partial charge in [0, 0.05) is 24.7 Å². The molecule has 0 bridgehead atoms. The van der Waals surface area contributed by atoms with Crippen LogP contribution in [-0.4, -0.2) is 46.4 Å². The molecule has 41 heavy (non-hydrogen) atoms. The second kappa shape index (κ2) is 13.5. The summed E-state index contributed by atoms with van der Waals surface area (Å²) in [6.45, 7) is 0.927. The molecule has 2 heterocycles. The maximum Gasteiger partial charge on any atom is 0.408 e. The van der Waals surface area contributed by atoms with Gasteiger partial charge in [-0.05, 0) is 53.8 Å². The number of alkyl carbamates (subject to hydrolysis) is 1. The Balaban J connectivity index is 1.23. The number of aromatic nitrogens is 1. The van der Waals surface area contributed by atoms with Crippen LogP contribution in [0.15, 0.2) is 60.8 Å². The molecule has 1 unspecified atom stereocenters. The van der Waals surface area contributed by atoms with Crippen LogP contribution in [0.3, 0.4) is 0 Å². The minimum atomic E-state index is -0.731. The molecule has 4 N–H and O–H groups in total. The number of hydrogen-bond donors (Lipinski definition) is 3. The second-order valence-corrected chi connectivity index (χ2v) is 11.2. The molecular weight excluding hydrogens is 518 g/mol. The zero-order valence-electron chi connectivity index (χ0n) is 23.4. The van der Waals surface area contributed by atoms with Crippen LogP contribution in [-0.2, 0) is 27.5 Å². The van der Waals surface area contributed by atoms with Gasteiger partial charge >= 0.3 is 6.09 Å². The highest BCUT2D eigenvalue weighted by molar-refractivity contribution is 5.93. The van der Waals surface area contributed by atoms with Crippen LogP contribution in [0.2, 0.25) is 0 Å². The third-order valence-electron chi connectivity index (χ3n) is 8.26. The molecule has 0 spiro atoms. The van der Waals surface area contributed by atoms with Crippen molar-refractivity contribution in [1.29, 1.82) is 0 Å². The molecule has 1 saturated carbocycles. The van der Waals surface area contributed by atoms with Gasteiger partial charge in [-0.15, -0.1) is 0 Å². The predicted octanol–water partition coefficient (Wildman–Crippen LogP) is 4.69. The highest BCUT2D eigenvalue weighted by Gasteiger charge is 2.38. The van der Waals surface area contributed by atoms with Gasteiger partial charge in [0.15, 0.2) is 0 Å². The first-order chi connectivity index (χ1) is 20.0. The quantitative estimate of drug-likeness (QED) is 0.350. The smallest absolute Gasteiger partial charge is 0.408 e. The van der Waals surface area contributed by atoms with Gasteiger partial charge in [0.2, 0.25) is 11.8 Å². The first-order valence-electron chi connectivity index (χ1n) is 14.7. The van der Waals surface area contributed by atoms with Gasteiger partial charge in [-0.2, -0.15) is 0 Å². The van der Waals surface area contributed by atoms with Crippen molar-refractivity contribution in [3.8, 4) is 0 Å². The lowest BCUT2D eigenvalue weighted by Crippen LogP contribution is -2.54. The molecule has 9 heteroatoms. The van der Waals surface area contributed by atoms with Crippen molar-refractivity contribution in [1.82, 2.24) is 20.5 Å². The number of nitrogens with two attached hydrogens (primary N) is 1. The number of amides is 3. The molecule has 3 aromatic rings. The van der Waals surface area contributed by atoms with Crippen LogP contribution < -0.4 is 16.4 Å². The number of anilines is 1. The molecule has 2 aliphatic rings. The number of hydrogen-bond acceptors (Lipinski definition) is 6. The molecule has 3 amide bonds. The number of carbonyl (C=O) groups excluding carboxylic acids is 3. The van der Waals surface area contributed by atoms with Gasteiger partial charge < -0.3 is 26.0 Å². The Morgan fingerprint density at radius 3 is 2.59 bits per heavy atom. The highest BCUT2D eigenvalue weighted by atomic mass is 16.5. The molecule has 2 aromatic carbocycles. The van der Waals surface area contributed by atoms with Crippen LogP contribution >= 0.6 is 0 Å². The van der Waals surface area contributed by atoms with E-state index in [4.69, 9.17) is 10.5 Å². The third kappa shape index (κ3) is 7.34. The van der Waals surface area contributed by atoms with E-state index < -0.39 is 18.2 Å². The van der Waals surface area contributed by atoms with E-state index in [1.165, 1.54) is 6.42 Å². The number of benzene rings is 2. The van der Waals surface area contributed by atoms with Gasteiger partial charge in [0.05, 0.1) is 0 Å². The largest absolute Gasteiger partial charge is 0.445 e. The third-order valence-corrected chi connectivity index (χ3v) is 8.26. The number of ether oxygens (including phenoxy) is 1. The Morgan fingerprint density at radius 1 is 0.976 bits per heavy atom. The van der Waals surface area contributed by atoms with Gasteiger partial charge in [0.1, 0.15) is 24.5 Å². The highest BCUT2D eigenvalue weighted by Crippen LogP contribution is 2.29. The monoisotopic (exact) mass is 557 g/mol. The fourth-order valence-corrected chi connectivity index (χ4v) is 6.04. The molecule has 5 rings (SSSR count). The van der Waals surface area contributed by atoms with Gasteiger partial charge in [-0.1, -0.05) is 74.6 Å². The predicted molar refractivity (Wildman–Crippen MR) is 157 cm³/mol. The van der Waals surface area contributed by atoms with Gasteiger partial charge in [-0.3, -0.25) is 9.59 Å². The number of rotatable bonds is 9. The fourth-order valence-electron chi connectivity index (χ4n) is 6.04. The number of likely N-dealkylation sites (tertiary alicyclic amines) is 1. The standard InChI is InChI=1S/C32H39N5O4/c33-29-26-18-24(13-14-25(26)15-16-34-29)20-35-30(38)28-12-7-17-37(28)31(39)27(19-22-8-3-1-4-9-22)36-32(40)41-21-23-10-5-2-6-11-23/h2,5-6,10-11,13-16,18,22,27-28H,1,3-4,7-9,12,17,19-21H2,(H2,33,34)(H,35,38)(H,36,40)/t27-,28?/m1/s1. The van der Waals surface area contributed by atoms with Crippen molar-refractivity contribution >= 4 is 34.5 Å². The van der Waals surface area contributed by atoms with Crippen molar-refractivity contribution in [2.45, 2.75) is 76.6 Å². The van der Waals surface area contributed by atoms with E-state index in [0.717, 1.165) is 54.0 Å². The van der Waals surface area contributed by atoms with E-state index in [1.54, 1.807) is 11.1 Å². The summed E-state index contributed by atoms with van der Waals surface area (Å²) in [6, 6.07) is 15.9. The van der Waals surface area contributed by atoms with Gasteiger partial charge in [0.25, 0.3) is 0 Å². The number of carbonyl (C=O) groups is 3. The van der Waals surface area contributed by atoms with E-state index in [2.05, 4.69) is 15.6 Å². The summed E-state index contributed by atoms with van der Waals surface area (Å²) >= 11 is 0. The molecule has 1 aliphatic heterocycles. The molecule has 1 aromatic heterocycles. The number of nitrogens with zero attached hydrogens (tertiary/aromatic N) is 2. The summed E-state index contributed by atoms with van der Waals surface area (Å²) in [5.41, 5.74) is 7.81. The lowest BCUT2D eigenvalue weighted by molar-refractivity contribution is -0.140. The van der Waals surface area contributed by atoms with E-state index >= 15 is 0 Å². The molecular formula is C32H39N5O4. The minimum Gasteiger partial charge on any atom is -0.445 e. The average molecular weight is 558 g/mol. The molecule has 1 saturated heterocycles. The van der Waals surface area contributed by atoms with Crippen molar-refractivity contribution < 1.29 is 19.1 Å². The number of pyridine rings is 1. The normalized spacial score (nSPS) is 18.1. The fraction of sp³-hybridized carbons (Fsp3) is 0.438. The summed E-state index contributed by atoms with van der Waals surface area (Å²) in [6.07, 6.45) is 8.48. The van der Waals surface area contributed by atoms with Crippen LogP contribution in [0, 0.1) is 5.92 Å². The zero-order chi connectivity index (χ0) is 28.6. The molecule has 9 nitrogen and oxygen atoms in total. The van der Waals surface area contributed by atoms with E-state index in [-0.39, 0.29) is 18.4 Å². The van der Waals surface area contributed by atoms with Crippen LogP contribution in [0.5, 0.6) is 0 Å². The SMILES string of the molecule is Nc1nccc2ccc(CNC(=O)C3CCCN3C(=O)[C@@H](CC3CCCCC3)NC(=O)OCc3ccccc3)cc12. The maximum atomic E-state index is 13.9. The first-order valence-corrected chi connectivity index (χ1v) is 14.7. The zero-order valence-corrected chi connectivity index (χ0v) is 23.4. The van der Waals surface area contributed by atoms with Crippen molar-refractivity contribution in [3.63, 3.8) is 0 Å². The minimum absolute atomic E-state index is 0.127. The molecule has 216 valence electrons. The summed E-state index contributed by atoms with van der Waals surface area (Å²) < 4.78 is 5.45. The molecule has 2 fully saturated rings. The maximum absolute atomic E-state index is 13.9. The Morgan fingerprint density at radius 2 is 1.78 bits per heavy atom.